The van der Waals surface area contributed by atoms with E-state index in [0.29, 0.717) is 11.0 Å². The summed E-state index contributed by atoms with van der Waals surface area (Å²) >= 11 is 3.37. The third-order valence-corrected chi connectivity index (χ3v) is 4.52. The Morgan fingerprint density at radius 3 is 2.67 bits per heavy atom. The molecule has 7 heteroatoms. The SMILES string of the molecule is COc1ccc(C)c(-n2c(N)c(C(N)=O)c3cc(Br)cnc32)c1C. The number of anilines is 1. The number of nitrogens with two attached hydrogens (primary N) is 2. The molecular formula is C17H17BrN4O2. The van der Waals surface area contributed by atoms with Crippen LogP contribution in [0.5, 0.6) is 5.75 Å². The summed E-state index contributed by atoms with van der Waals surface area (Å²) in [7, 11) is 1.61. The van der Waals surface area contributed by atoms with Crippen LogP contribution >= 0.6 is 15.9 Å². The van der Waals surface area contributed by atoms with Gasteiger partial charge in [-0.15, -0.1) is 0 Å². The minimum absolute atomic E-state index is 0.264. The molecule has 0 spiro atoms. The molecule has 0 atom stereocenters. The van der Waals surface area contributed by atoms with Crippen molar-refractivity contribution in [2.24, 2.45) is 5.73 Å². The lowest BCUT2D eigenvalue weighted by molar-refractivity contribution is 0.100. The molecule has 2 heterocycles. The second-order valence-corrected chi connectivity index (χ2v) is 6.46. The van der Waals surface area contributed by atoms with Crippen molar-refractivity contribution in [1.82, 2.24) is 9.55 Å². The third-order valence-electron chi connectivity index (χ3n) is 4.08. The Morgan fingerprint density at radius 1 is 1.33 bits per heavy atom. The molecule has 0 aliphatic heterocycles. The van der Waals surface area contributed by atoms with Crippen molar-refractivity contribution >= 4 is 38.7 Å². The van der Waals surface area contributed by atoms with Gasteiger partial charge in [-0.25, -0.2) is 4.98 Å². The van der Waals surface area contributed by atoms with Crippen molar-refractivity contribution in [3.8, 4) is 11.4 Å². The van der Waals surface area contributed by atoms with Gasteiger partial charge >= 0.3 is 0 Å². The number of benzene rings is 1. The number of aromatic nitrogens is 2. The number of aryl methyl sites for hydroxylation is 1. The van der Waals surface area contributed by atoms with Crippen LogP contribution in [0.1, 0.15) is 21.5 Å². The molecule has 4 N–H and O–H groups in total. The topological polar surface area (TPSA) is 96.2 Å². The van der Waals surface area contributed by atoms with Gasteiger partial charge in [0.2, 0.25) is 0 Å². The molecule has 3 rings (SSSR count). The standard InChI is InChI=1S/C17H17BrN4O2/c1-8-4-5-12(24-3)9(2)14(8)22-15(19)13(16(20)23)11-6-10(18)7-21-17(11)22/h4-7H,19H2,1-3H3,(H2,20,23). The molecule has 0 aliphatic carbocycles. The Kier molecular flexibility index (Phi) is 3.96. The summed E-state index contributed by atoms with van der Waals surface area (Å²) in [4.78, 5) is 16.4. The van der Waals surface area contributed by atoms with Gasteiger partial charge in [-0.3, -0.25) is 9.36 Å². The zero-order valence-corrected chi connectivity index (χ0v) is 15.1. The van der Waals surface area contributed by atoms with Gasteiger partial charge in [-0.2, -0.15) is 0 Å². The molecule has 2 aromatic heterocycles. The van der Waals surface area contributed by atoms with E-state index in [0.717, 1.165) is 27.0 Å². The van der Waals surface area contributed by atoms with Gasteiger partial charge in [-0.1, -0.05) is 6.07 Å². The van der Waals surface area contributed by atoms with Crippen LogP contribution in [0.15, 0.2) is 28.9 Å². The lowest BCUT2D eigenvalue weighted by Gasteiger charge is -2.16. The smallest absolute Gasteiger partial charge is 0.253 e. The van der Waals surface area contributed by atoms with Crippen LogP contribution in [-0.2, 0) is 0 Å². The Morgan fingerprint density at radius 2 is 2.04 bits per heavy atom. The molecule has 0 saturated heterocycles. The molecular weight excluding hydrogens is 372 g/mol. The first-order valence-electron chi connectivity index (χ1n) is 7.26. The monoisotopic (exact) mass is 388 g/mol. The van der Waals surface area contributed by atoms with Gasteiger partial charge in [-0.05, 0) is 47.5 Å². The molecule has 1 aromatic carbocycles. The summed E-state index contributed by atoms with van der Waals surface area (Å²) in [6, 6.07) is 5.63. The van der Waals surface area contributed by atoms with Crippen LogP contribution in [0.4, 0.5) is 5.82 Å². The number of pyridine rings is 1. The molecule has 0 fully saturated rings. The number of ether oxygens (including phenoxy) is 1. The largest absolute Gasteiger partial charge is 0.496 e. The van der Waals surface area contributed by atoms with Crippen molar-refractivity contribution in [1.29, 1.82) is 0 Å². The number of hydrogen-bond donors (Lipinski definition) is 2. The lowest BCUT2D eigenvalue weighted by atomic mass is 10.1. The molecule has 1 amide bonds. The summed E-state index contributed by atoms with van der Waals surface area (Å²) in [5, 5.41) is 0.607. The maximum atomic E-state index is 11.9. The van der Waals surface area contributed by atoms with Crippen molar-refractivity contribution in [3.05, 3.63) is 45.6 Å². The number of hydrogen-bond acceptors (Lipinski definition) is 4. The van der Waals surface area contributed by atoms with Crippen LogP contribution in [-0.4, -0.2) is 22.6 Å². The van der Waals surface area contributed by atoms with Crippen molar-refractivity contribution in [2.75, 3.05) is 12.8 Å². The maximum Gasteiger partial charge on any atom is 0.253 e. The fourth-order valence-electron chi connectivity index (χ4n) is 3.03. The number of fused-ring (bicyclic) bond motifs is 1. The number of carbonyl (C=O) groups is 1. The van der Waals surface area contributed by atoms with Crippen LogP contribution < -0.4 is 16.2 Å². The van der Waals surface area contributed by atoms with E-state index in [1.54, 1.807) is 23.9 Å². The Labute approximate surface area is 147 Å². The summed E-state index contributed by atoms with van der Waals surface area (Å²) < 4.78 is 7.92. The number of carbonyl (C=O) groups excluding carboxylic acids is 1. The van der Waals surface area contributed by atoms with Gasteiger partial charge in [0.05, 0.1) is 18.4 Å². The molecule has 3 aromatic rings. The van der Waals surface area contributed by atoms with Gasteiger partial charge in [0.25, 0.3) is 5.91 Å². The van der Waals surface area contributed by atoms with Crippen LogP contribution in [0.2, 0.25) is 0 Å². The van der Waals surface area contributed by atoms with Gasteiger partial charge < -0.3 is 16.2 Å². The molecule has 6 nitrogen and oxygen atoms in total. The van der Waals surface area contributed by atoms with Crippen LogP contribution in [0, 0.1) is 13.8 Å². The van der Waals surface area contributed by atoms with Gasteiger partial charge in [0.1, 0.15) is 17.2 Å². The number of rotatable bonds is 3. The highest BCUT2D eigenvalue weighted by Gasteiger charge is 2.23. The molecule has 0 saturated carbocycles. The Balaban J connectivity index is 2.49. The molecule has 0 bridgehead atoms. The third kappa shape index (κ3) is 2.32. The Hall–Kier alpha value is -2.54. The summed E-state index contributed by atoms with van der Waals surface area (Å²) in [6.45, 7) is 3.91. The van der Waals surface area contributed by atoms with E-state index in [1.807, 2.05) is 26.0 Å². The highest BCUT2D eigenvalue weighted by molar-refractivity contribution is 9.10. The molecule has 0 unspecified atom stereocenters. The molecule has 24 heavy (non-hydrogen) atoms. The number of methoxy groups -OCH3 is 1. The second-order valence-electron chi connectivity index (χ2n) is 5.54. The van der Waals surface area contributed by atoms with E-state index in [1.165, 1.54) is 0 Å². The Bertz CT molecular complexity index is 979. The fraction of sp³-hybridized carbons (Fsp3) is 0.176. The first kappa shape index (κ1) is 16.3. The first-order chi connectivity index (χ1) is 11.4. The molecule has 124 valence electrons. The van der Waals surface area contributed by atoms with Gasteiger partial charge in [0, 0.05) is 21.6 Å². The normalized spacial score (nSPS) is 11.0. The second kappa shape index (κ2) is 5.83. The summed E-state index contributed by atoms with van der Waals surface area (Å²) in [5.41, 5.74) is 15.4. The van der Waals surface area contributed by atoms with E-state index in [2.05, 4.69) is 20.9 Å². The van der Waals surface area contributed by atoms with Crippen LogP contribution in [0.25, 0.3) is 16.7 Å². The minimum atomic E-state index is -0.589. The van der Waals surface area contributed by atoms with E-state index in [-0.39, 0.29) is 11.4 Å². The lowest BCUT2D eigenvalue weighted by Crippen LogP contribution is -2.14. The van der Waals surface area contributed by atoms with Crippen LogP contribution in [0.3, 0.4) is 0 Å². The predicted molar refractivity (Wildman–Crippen MR) is 97.7 cm³/mol. The minimum Gasteiger partial charge on any atom is -0.496 e. The molecule has 0 radical (unpaired) electrons. The maximum absolute atomic E-state index is 11.9. The van der Waals surface area contributed by atoms with Crippen molar-refractivity contribution in [3.63, 3.8) is 0 Å². The highest BCUT2D eigenvalue weighted by atomic mass is 79.9. The fourth-order valence-corrected chi connectivity index (χ4v) is 3.36. The number of nitrogen functional groups attached to an aromatic ring is 1. The number of halogens is 1. The van der Waals surface area contributed by atoms with Crippen molar-refractivity contribution in [2.45, 2.75) is 13.8 Å². The number of amides is 1. The van der Waals surface area contributed by atoms with Gasteiger partial charge in [0.15, 0.2) is 0 Å². The number of primary amides is 1. The van der Waals surface area contributed by atoms with E-state index in [9.17, 15) is 4.79 Å². The quantitative estimate of drug-likeness (QED) is 0.720. The van der Waals surface area contributed by atoms with Crippen molar-refractivity contribution < 1.29 is 9.53 Å². The summed E-state index contributed by atoms with van der Waals surface area (Å²) in [6.07, 6.45) is 1.66. The average molecular weight is 389 g/mol. The van der Waals surface area contributed by atoms with E-state index < -0.39 is 5.91 Å². The van der Waals surface area contributed by atoms with E-state index in [4.69, 9.17) is 16.2 Å². The zero-order valence-electron chi connectivity index (χ0n) is 13.6. The highest BCUT2D eigenvalue weighted by Crippen LogP contribution is 2.36. The van der Waals surface area contributed by atoms with E-state index >= 15 is 0 Å². The number of nitrogens with zero attached hydrogens (tertiary/aromatic N) is 2. The first-order valence-corrected chi connectivity index (χ1v) is 8.06. The predicted octanol–water partition coefficient (Wildman–Crippen LogP) is 3.09. The molecule has 0 aliphatic rings. The zero-order chi connectivity index (χ0) is 17.6. The average Bonchev–Trinajstić information content (AvgIpc) is 2.79. The summed E-state index contributed by atoms with van der Waals surface area (Å²) in [5.74, 6) is 0.409.